The minimum absolute atomic E-state index is 0.0716. The Morgan fingerprint density at radius 2 is 1.44 bits per heavy atom. The molecule has 3 fully saturated rings. The second-order valence-electron chi connectivity index (χ2n) is 9.97. The fraction of sp³-hybridized carbons (Fsp3) is 0.957. The number of carboxylic acids is 1. The van der Waals surface area contributed by atoms with Crippen LogP contribution in [0.1, 0.15) is 117 Å². The highest BCUT2D eigenvalue weighted by atomic mass is 16.4. The molecule has 0 aromatic rings. The number of carbonyl (C=O) groups is 1. The van der Waals surface area contributed by atoms with Crippen LogP contribution < -0.4 is 0 Å². The van der Waals surface area contributed by atoms with Gasteiger partial charge in [0.15, 0.2) is 0 Å². The SMILES string of the molecule is CCCC1(C2(C(=O)O)CCCCC2)CCC(C)(C2CCCCC2)CC1. The molecule has 3 saturated carbocycles. The van der Waals surface area contributed by atoms with Crippen molar-refractivity contribution < 1.29 is 9.90 Å². The summed E-state index contributed by atoms with van der Waals surface area (Å²) in [5.41, 5.74) is 0.128. The van der Waals surface area contributed by atoms with Gasteiger partial charge in [-0.1, -0.05) is 58.8 Å². The van der Waals surface area contributed by atoms with E-state index in [1.54, 1.807) is 0 Å². The van der Waals surface area contributed by atoms with Crippen molar-refractivity contribution in [2.45, 2.75) is 117 Å². The predicted molar refractivity (Wildman–Crippen MR) is 104 cm³/mol. The highest BCUT2D eigenvalue weighted by molar-refractivity contribution is 5.76. The number of rotatable bonds is 5. The zero-order chi connectivity index (χ0) is 18.0. The van der Waals surface area contributed by atoms with E-state index in [0.717, 1.165) is 44.4 Å². The molecular weight excluding hydrogens is 308 g/mol. The zero-order valence-corrected chi connectivity index (χ0v) is 16.7. The molecule has 144 valence electrons. The molecule has 25 heavy (non-hydrogen) atoms. The monoisotopic (exact) mass is 348 g/mol. The molecule has 0 amide bonds. The van der Waals surface area contributed by atoms with Crippen LogP contribution in [-0.2, 0) is 4.79 Å². The van der Waals surface area contributed by atoms with Gasteiger partial charge in [-0.3, -0.25) is 4.79 Å². The lowest BCUT2D eigenvalue weighted by Crippen LogP contribution is -2.52. The fourth-order valence-corrected chi connectivity index (χ4v) is 7.08. The quantitative estimate of drug-likeness (QED) is 0.582. The maximum atomic E-state index is 12.5. The Bertz CT molecular complexity index is 447. The van der Waals surface area contributed by atoms with Crippen LogP contribution in [0.3, 0.4) is 0 Å². The molecule has 0 aromatic heterocycles. The highest BCUT2D eigenvalue weighted by Gasteiger charge is 2.58. The lowest BCUT2D eigenvalue weighted by Gasteiger charge is -2.57. The molecule has 3 aliphatic carbocycles. The first-order chi connectivity index (χ1) is 12.0. The third-order valence-corrected chi connectivity index (χ3v) is 8.80. The molecule has 0 spiro atoms. The second kappa shape index (κ2) is 7.61. The van der Waals surface area contributed by atoms with Crippen LogP contribution in [0.25, 0.3) is 0 Å². The van der Waals surface area contributed by atoms with Gasteiger partial charge in [0, 0.05) is 0 Å². The predicted octanol–water partition coefficient (Wildman–Crippen LogP) is 6.97. The van der Waals surface area contributed by atoms with Crippen molar-refractivity contribution in [2.24, 2.45) is 22.2 Å². The molecule has 0 aromatic carbocycles. The normalized spacial score (nSPS) is 36.9. The van der Waals surface area contributed by atoms with Crippen molar-refractivity contribution in [2.75, 3.05) is 0 Å². The molecular formula is C23H40O2. The van der Waals surface area contributed by atoms with Crippen molar-refractivity contribution in [3.8, 4) is 0 Å². The zero-order valence-electron chi connectivity index (χ0n) is 16.7. The van der Waals surface area contributed by atoms with Crippen molar-refractivity contribution in [1.82, 2.24) is 0 Å². The Labute approximate surface area is 155 Å². The summed E-state index contributed by atoms with van der Waals surface area (Å²) in [4.78, 5) is 12.5. The van der Waals surface area contributed by atoms with E-state index in [1.165, 1.54) is 64.2 Å². The average molecular weight is 349 g/mol. The van der Waals surface area contributed by atoms with Crippen LogP contribution in [0.4, 0.5) is 0 Å². The second-order valence-corrected chi connectivity index (χ2v) is 9.97. The fourth-order valence-electron chi connectivity index (χ4n) is 7.08. The number of hydrogen-bond acceptors (Lipinski definition) is 1. The van der Waals surface area contributed by atoms with Crippen molar-refractivity contribution in [1.29, 1.82) is 0 Å². The van der Waals surface area contributed by atoms with Crippen LogP contribution in [-0.4, -0.2) is 11.1 Å². The van der Waals surface area contributed by atoms with Gasteiger partial charge in [0.25, 0.3) is 0 Å². The third kappa shape index (κ3) is 3.39. The lowest BCUT2D eigenvalue weighted by molar-refractivity contribution is -0.170. The molecule has 0 bridgehead atoms. The molecule has 3 rings (SSSR count). The molecule has 0 saturated heterocycles. The maximum Gasteiger partial charge on any atom is 0.310 e. The Morgan fingerprint density at radius 3 is 1.96 bits per heavy atom. The Balaban J connectivity index is 1.81. The van der Waals surface area contributed by atoms with Gasteiger partial charge in [-0.05, 0) is 74.5 Å². The van der Waals surface area contributed by atoms with Gasteiger partial charge < -0.3 is 5.11 Å². The first-order valence-electron chi connectivity index (χ1n) is 11.2. The van der Waals surface area contributed by atoms with E-state index in [2.05, 4.69) is 13.8 Å². The van der Waals surface area contributed by atoms with E-state index in [0.29, 0.717) is 5.41 Å². The largest absolute Gasteiger partial charge is 0.481 e. The van der Waals surface area contributed by atoms with Gasteiger partial charge in [0.2, 0.25) is 0 Å². The van der Waals surface area contributed by atoms with Gasteiger partial charge in [-0.15, -0.1) is 0 Å². The third-order valence-electron chi connectivity index (χ3n) is 8.80. The van der Waals surface area contributed by atoms with E-state index in [1.807, 2.05) is 0 Å². The smallest absolute Gasteiger partial charge is 0.310 e. The van der Waals surface area contributed by atoms with Crippen LogP contribution in [0.2, 0.25) is 0 Å². The van der Waals surface area contributed by atoms with E-state index in [-0.39, 0.29) is 5.41 Å². The minimum Gasteiger partial charge on any atom is -0.481 e. The number of aliphatic carboxylic acids is 1. The van der Waals surface area contributed by atoms with Crippen molar-refractivity contribution in [3.05, 3.63) is 0 Å². The topological polar surface area (TPSA) is 37.3 Å². The molecule has 1 N–H and O–H groups in total. The summed E-state index contributed by atoms with van der Waals surface area (Å²) in [6.07, 6.45) is 19.6. The highest BCUT2D eigenvalue weighted by Crippen LogP contribution is 2.63. The summed E-state index contributed by atoms with van der Waals surface area (Å²) in [5.74, 6) is 0.426. The number of hydrogen-bond donors (Lipinski definition) is 1. The van der Waals surface area contributed by atoms with Crippen LogP contribution >= 0.6 is 0 Å². The van der Waals surface area contributed by atoms with Gasteiger partial charge in [-0.2, -0.15) is 0 Å². The van der Waals surface area contributed by atoms with Gasteiger partial charge in [-0.25, -0.2) is 0 Å². The van der Waals surface area contributed by atoms with Crippen molar-refractivity contribution in [3.63, 3.8) is 0 Å². The van der Waals surface area contributed by atoms with Crippen molar-refractivity contribution >= 4 is 5.97 Å². The van der Waals surface area contributed by atoms with E-state index in [9.17, 15) is 9.90 Å². The van der Waals surface area contributed by atoms with Gasteiger partial charge >= 0.3 is 5.97 Å². The first-order valence-corrected chi connectivity index (χ1v) is 11.2. The molecule has 0 aliphatic heterocycles. The molecule has 0 radical (unpaired) electrons. The molecule has 2 heteroatoms. The summed E-state index contributed by atoms with van der Waals surface area (Å²) >= 11 is 0. The van der Waals surface area contributed by atoms with Gasteiger partial charge in [0.05, 0.1) is 5.41 Å². The van der Waals surface area contributed by atoms with Crippen LogP contribution in [0, 0.1) is 22.2 Å². The standard InChI is InChI=1S/C23H40O2/c1-3-12-22(23(20(24)25)13-8-5-9-14-23)17-15-21(2,16-18-22)19-10-6-4-7-11-19/h19H,3-18H2,1-2H3,(H,24,25). The summed E-state index contributed by atoms with van der Waals surface area (Å²) in [7, 11) is 0. The van der Waals surface area contributed by atoms with E-state index in [4.69, 9.17) is 0 Å². The van der Waals surface area contributed by atoms with E-state index >= 15 is 0 Å². The lowest BCUT2D eigenvalue weighted by atomic mass is 9.47. The molecule has 0 unspecified atom stereocenters. The Morgan fingerprint density at radius 1 is 0.880 bits per heavy atom. The molecule has 3 aliphatic rings. The summed E-state index contributed by atoms with van der Waals surface area (Å²) in [6.45, 7) is 4.79. The average Bonchev–Trinajstić information content (AvgIpc) is 2.65. The summed E-state index contributed by atoms with van der Waals surface area (Å²) in [6, 6.07) is 0. The minimum atomic E-state index is -0.470. The van der Waals surface area contributed by atoms with Crippen LogP contribution in [0.15, 0.2) is 0 Å². The summed E-state index contributed by atoms with van der Waals surface area (Å²) < 4.78 is 0. The van der Waals surface area contributed by atoms with Crippen LogP contribution in [0.5, 0.6) is 0 Å². The molecule has 0 atom stereocenters. The summed E-state index contributed by atoms with van der Waals surface area (Å²) in [5, 5.41) is 10.3. The molecule has 0 heterocycles. The Kier molecular flexibility index (Phi) is 5.85. The molecule has 2 nitrogen and oxygen atoms in total. The maximum absolute atomic E-state index is 12.5. The first kappa shape index (κ1) is 19.2. The van der Waals surface area contributed by atoms with E-state index < -0.39 is 11.4 Å². The number of carboxylic acid groups (broad SMARTS) is 1. The Hall–Kier alpha value is -0.530. The van der Waals surface area contributed by atoms with Gasteiger partial charge in [0.1, 0.15) is 0 Å².